The summed E-state index contributed by atoms with van der Waals surface area (Å²) in [7, 11) is 1.27. The fourth-order valence-electron chi connectivity index (χ4n) is 2.17. The molecule has 6 heteroatoms. The van der Waals surface area contributed by atoms with E-state index in [0.717, 1.165) is 12.8 Å². The summed E-state index contributed by atoms with van der Waals surface area (Å²) in [5.74, 6) is -0.557. The zero-order valence-corrected chi connectivity index (χ0v) is 11.4. The van der Waals surface area contributed by atoms with Gasteiger partial charge >= 0.3 is 12.6 Å². The van der Waals surface area contributed by atoms with Crippen molar-refractivity contribution >= 4 is 5.97 Å². The van der Waals surface area contributed by atoms with Crippen molar-refractivity contribution in [3.8, 4) is 5.75 Å². The molecule has 110 valence electrons. The molecule has 1 unspecified atom stereocenters. The van der Waals surface area contributed by atoms with Crippen LogP contribution in [-0.2, 0) is 15.1 Å². The Bertz CT molecular complexity index is 491. The average Bonchev–Trinajstić information content (AvgIpc) is 3.21. The first kappa shape index (κ1) is 14.7. The van der Waals surface area contributed by atoms with Crippen molar-refractivity contribution in [1.29, 1.82) is 0 Å². The number of carbonyl (C=O) groups is 1. The fraction of sp³-hybridized carbons (Fsp3) is 0.500. The smallest absolute Gasteiger partial charge is 0.387 e. The van der Waals surface area contributed by atoms with Gasteiger partial charge in [-0.15, -0.1) is 0 Å². The molecule has 1 aromatic rings. The van der Waals surface area contributed by atoms with Crippen LogP contribution in [0.4, 0.5) is 8.78 Å². The van der Waals surface area contributed by atoms with Gasteiger partial charge in [0.1, 0.15) is 11.3 Å². The molecule has 0 bridgehead atoms. The minimum absolute atomic E-state index is 0.0245. The lowest BCUT2D eigenvalue weighted by Gasteiger charge is -2.30. The maximum absolute atomic E-state index is 12.5. The number of methoxy groups -OCH3 is 1. The number of hydrogen-bond donors (Lipinski definition) is 1. The number of benzene rings is 1. The zero-order valence-electron chi connectivity index (χ0n) is 11.4. The van der Waals surface area contributed by atoms with Gasteiger partial charge < -0.3 is 9.47 Å². The summed E-state index contributed by atoms with van der Waals surface area (Å²) < 4.78 is 34.3. The normalized spacial score (nSPS) is 17.6. The Labute approximate surface area is 116 Å². The second-order valence-corrected chi connectivity index (χ2v) is 4.91. The maximum atomic E-state index is 12.5. The second kappa shape index (κ2) is 5.75. The fourth-order valence-corrected chi connectivity index (χ4v) is 2.17. The molecule has 1 fully saturated rings. The molecule has 1 aliphatic rings. The lowest BCUT2D eigenvalue weighted by atomic mass is 9.91. The predicted molar refractivity (Wildman–Crippen MR) is 68.6 cm³/mol. The summed E-state index contributed by atoms with van der Waals surface area (Å²) in [6, 6.07) is 6.44. The number of para-hydroxylation sites is 1. The van der Waals surface area contributed by atoms with Gasteiger partial charge in [0.15, 0.2) is 0 Å². The van der Waals surface area contributed by atoms with Gasteiger partial charge in [-0.1, -0.05) is 18.2 Å². The zero-order chi connectivity index (χ0) is 14.8. The molecule has 1 aromatic carbocycles. The molecule has 0 aromatic heterocycles. The molecular weight excluding hydrogens is 268 g/mol. The van der Waals surface area contributed by atoms with E-state index in [0.29, 0.717) is 5.56 Å². The molecule has 0 aliphatic heterocycles. The van der Waals surface area contributed by atoms with Crippen molar-refractivity contribution in [3.05, 3.63) is 29.8 Å². The van der Waals surface area contributed by atoms with E-state index in [1.165, 1.54) is 13.2 Å². The molecule has 4 nitrogen and oxygen atoms in total. The van der Waals surface area contributed by atoms with Gasteiger partial charge in [0.25, 0.3) is 0 Å². The van der Waals surface area contributed by atoms with Crippen LogP contribution in [-0.4, -0.2) is 25.7 Å². The van der Waals surface area contributed by atoms with Crippen molar-refractivity contribution in [2.45, 2.75) is 38.0 Å². The summed E-state index contributed by atoms with van der Waals surface area (Å²) >= 11 is 0. The predicted octanol–water partition coefficient (Wildman–Crippen LogP) is 2.43. The van der Waals surface area contributed by atoms with Gasteiger partial charge in [-0.05, 0) is 25.8 Å². The van der Waals surface area contributed by atoms with Crippen molar-refractivity contribution in [2.24, 2.45) is 0 Å². The lowest BCUT2D eigenvalue weighted by Crippen LogP contribution is -2.48. The van der Waals surface area contributed by atoms with Crippen LogP contribution in [0.2, 0.25) is 0 Å². The monoisotopic (exact) mass is 285 g/mol. The minimum atomic E-state index is -2.95. The topological polar surface area (TPSA) is 47.6 Å². The summed E-state index contributed by atoms with van der Waals surface area (Å²) in [6.45, 7) is -1.33. The number of halogens is 2. The van der Waals surface area contributed by atoms with Crippen LogP contribution in [0, 0.1) is 0 Å². The number of hydrogen-bond acceptors (Lipinski definition) is 4. The van der Waals surface area contributed by atoms with Gasteiger partial charge in [-0.3, -0.25) is 5.32 Å². The minimum Gasteiger partial charge on any atom is -0.467 e. The molecule has 0 heterocycles. The lowest BCUT2D eigenvalue weighted by molar-refractivity contribution is -0.148. The quantitative estimate of drug-likeness (QED) is 0.815. The van der Waals surface area contributed by atoms with E-state index in [9.17, 15) is 13.6 Å². The summed E-state index contributed by atoms with van der Waals surface area (Å²) in [5, 5.41) is 3.15. The molecule has 0 radical (unpaired) electrons. The summed E-state index contributed by atoms with van der Waals surface area (Å²) in [6.07, 6.45) is 1.90. The number of carbonyl (C=O) groups excluding carboxylic acids is 1. The Hall–Kier alpha value is -1.69. The van der Waals surface area contributed by atoms with Crippen LogP contribution >= 0.6 is 0 Å². The van der Waals surface area contributed by atoms with Crippen LogP contribution in [0.15, 0.2) is 24.3 Å². The number of nitrogens with one attached hydrogen (secondary N) is 1. The Morgan fingerprint density at radius 2 is 2.05 bits per heavy atom. The first-order valence-corrected chi connectivity index (χ1v) is 6.38. The van der Waals surface area contributed by atoms with E-state index >= 15 is 0 Å². The average molecular weight is 285 g/mol. The first-order valence-electron chi connectivity index (χ1n) is 6.38. The number of ether oxygens (including phenoxy) is 2. The molecule has 1 atom stereocenters. The molecule has 1 aliphatic carbocycles. The van der Waals surface area contributed by atoms with E-state index < -0.39 is 18.1 Å². The van der Waals surface area contributed by atoms with E-state index in [-0.39, 0.29) is 11.8 Å². The van der Waals surface area contributed by atoms with Gasteiger partial charge in [0.2, 0.25) is 0 Å². The third-order valence-electron chi connectivity index (χ3n) is 3.31. The van der Waals surface area contributed by atoms with Crippen molar-refractivity contribution < 1.29 is 23.0 Å². The van der Waals surface area contributed by atoms with Crippen LogP contribution in [0.5, 0.6) is 5.75 Å². The van der Waals surface area contributed by atoms with Crippen molar-refractivity contribution in [3.63, 3.8) is 0 Å². The van der Waals surface area contributed by atoms with Gasteiger partial charge in [0, 0.05) is 11.6 Å². The maximum Gasteiger partial charge on any atom is 0.387 e. The summed E-state index contributed by atoms with van der Waals surface area (Å²) in [4.78, 5) is 12.1. The highest BCUT2D eigenvalue weighted by Crippen LogP contribution is 2.35. The first-order chi connectivity index (χ1) is 9.47. The van der Waals surface area contributed by atoms with Crippen LogP contribution in [0.1, 0.15) is 25.3 Å². The molecule has 0 saturated heterocycles. The van der Waals surface area contributed by atoms with Crippen LogP contribution < -0.4 is 10.1 Å². The van der Waals surface area contributed by atoms with E-state index in [1.807, 2.05) is 0 Å². The molecular formula is C14H17F2NO3. The van der Waals surface area contributed by atoms with E-state index in [1.54, 1.807) is 25.1 Å². The Morgan fingerprint density at radius 1 is 1.40 bits per heavy atom. The van der Waals surface area contributed by atoms with Crippen molar-refractivity contribution in [2.75, 3.05) is 7.11 Å². The SMILES string of the molecule is COC(=O)C(C)(NC1CC1)c1ccccc1OC(F)F. The highest BCUT2D eigenvalue weighted by molar-refractivity contribution is 5.83. The number of alkyl halides is 2. The third-order valence-corrected chi connectivity index (χ3v) is 3.31. The standard InChI is InChI=1S/C14H17F2NO3/c1-14(12(18)19-2,17-9-7-8-9)10-5-3-4-6-11(10)20-13(15)16/h3-6,9,13,17H,7-8H2,1-2H3. The molecule has 2 rings (SSSR count). The Kier molecular flexibility index (Phi) is 4.23. The van der Waals surface area contributed by atoms with E-state index in [4.69, 9.17) is 4.74 Å². The molecule has 0 amide bonds. The summed E-state index contributed by atoms with van der Waals surface area (Å²) in [5.41, 5.74) is -0.861. The molecule has 0 spiro atoms. The molecule has 20 heavy (non-hydrogen) atoms. The molecule has 1 saturated carbocycles. The Morgan fingerprint density at radius 3 is 2.60 bits per heavy atom. The van der Waals surface area contributed by atoms with Crippen molar-refractivity contribution in [1.82, 2.24) is 5.32 Å². The second-order valence-electron chi connectivity index (χ2n) is 4.91. The highest BCUT2D eigenvalue weighted by atomic mass is 19.3. The van der Waals surface area contributed by atoms with Gasteiger partial charge in [-0.2, -0.15) is 8.78 Å². The molecule has 1 N–H and O–H groups in total. The van der Waals surface area contributed by atoms with Crippen LogP contribution in [0.25, 0.3) is 0 Å². The van der Waals surface area contributed by atoms with E-state index in [2.05, 4.69) is 10.1 Å². The van der Waals surface area contributed by atoms with Gasteiger partial charge in [-0.25, -0.2) is 4.79 Å². The van der Waals surface area contributed by atoms with Gasteiger partial charge in [0.05, 0.1) is 7.11 Å². The third kappa shape index (κ3) is 3.07. The largest absolute Gasteiger partial charge is 0.467 e. The highest BCUT2D eigenvalue weighted by Gasteiger charge is 2.43. The number of rotatable bonds is 6. The Balaban J connectivity index is 2.39. The van der Waals surface area contributed by atoms with Crippen LogP contribution in [0.3, 0.4) is 0 Å². The number of esters is 1.